The summed E-state index contributed by atoms with van der Waals surface area (Å²) in [5, 5.41) is 6.57. The Morgan fingerprint density at radius 2 is 1.97 bits per heavy atom. The number of sulfonamides is 1. The summed E-state index contributed by atoms with van der Waals surface area (Å²) in [6.45, 7) is 7.06. The molecule has 2 N–H and O–H groups in total. The number of anilines is 1. The smallest absolute Gasteiger partial charge is 0.262 e. The predicted octanol–water partition coefficient (Wildman–Crippen LogP) is 4.91. The standard InChI is InChI=1S/C22H23N3O4S3/c1-13-23-20-18(31-13)11-17(16-8-9-30-21(16)20)29-12-19(26)24-14-6-5-7-15(10-14)32(27,28)25-22(2,3)4/h5-11,25H,12H2,1-4H3,(H,24,26). The number of benzene rings is 2. The minimum atomic E-state index is -3.70. The number of hydrogen-bond acceptors (Lipinski definition) is 7. The summed E-state index contributed by atoms with van der Waals surface area (Å²) in [7, 11) is -3.70. The number of rotatable bonds is 6. The fourth-order valence-electron chi connectivity index (χ4n) is 3.25. The Balaban J connectivity index is 1.49. The van der Waals surface area contributed by atoms with Crippen LogP contribution in [0.25, 0.3) is 20.3 Å². The lowest BCUT2D eigenvalue weighted by atomic mass is 10.1. The quantitative estimate of drug-likeness (QED) is 0.401. The molecule has 4 rings (SSSR count). The van der Waals surface area contributed by atoms with Crippen LogP contribution >= 0.6 is 22.7 Å². The Hall–Kier alpha value is -2.53. The normalized spacial score (nSPS) is 12.4. The van der Waals surface area contributed by atoms with E-state index in [4.69, 9.17) is 4.74 Å². The van der Waals surface area contributed by atoms with Crippen molar-refractivity contribution in [1.29, 1.82) is 0 Å². The van der Waals surface area contributed by atoms with Gasteiger partial charge in [-0.15, -0.1) is 22.7 Å². The molecule has 0 fully saturated rings. The summed E-state index contributed by atoms with van der Waals surface area (Å²) in [6.07, 6.45) is 0. The molecule has 0 aliphatic carbocycles. The summed E-state index contributed by atoms with van der Waals surface area (Å²) in [5.41, 5.74) is 0.720. The van der Waals surface area contributed by atoms with Gasteiger partial charge in [-0.1, -0.05) is 6.07 Å². The van der Waals surface area contributed by atoms with Gasteiger partial charge in [0.2, 0.25) is 10.0 Å². The third-order valence-electron chi connectivity index (χ3n) is 4.40. The van der Waals surface area contributed by atoms with Crippen LogP contribution < -0.4 is 14.8 Å². The maximum atomic E-state index is 12.6. The van der Waals surface area contributed by atoms with Crippen LogP contribution in [0, 0.1) is 6.92 Å². The minimum Gasteiger partial charge on any atom is -0.483 e. The Kier molecular flexibility index (Phi) is 5.97. The van der Waals surface area contributed by atoms with Gasteiger partial charge in [0.1, 0.15) is 5.75 Å². The van der Waals surface area contributed by atoms with E-state index in [2.05, 4.69) is 15.0 Å². The largest absolute Gasteiger partial charge is 0.483 e. The van der Waals surface area contributed by atoms with Crippen LogP contribution in [0.3, 0.4) is 0 Å². The lowest BCUT2D eigenvalue weighted by Crippen LogP contribution is -2.40. The topological polar surface area (TPSA) is 97.4 Å². The first-order valence-electron chi connectivity index (χ1n) is 9.86. The van der Waals surface area contributed by atoms with Gasteiger partial charge >= 0.3 is 0 Å². The number of thiophene rings is 1. The predicted molar refractivity (Wildman–Crippen MR) is 130 cm³/mol. The van der Waals surface area contributed by atoms with Crippen molar-refractivity contribution in [3.05, 3.63) is 46.8 Å². The fourth-order valence-corrected chi connectivity index (χ4v) is 6.55. The van der Waals surface area contributed by atoms with E-state index >= 15 is 0 Å². The van der Waals surface area contributed by atoms with Crippen molar-refractivity contribution in [1.82, 2.24) is 9.71 Å². The average molecular weight is 490 g/mol. The highest BCUT2D eigenvalue weighted by molar-refractivity contribution is 7.89. The van der Waals surface area contributed by atoms with E-state index in [1.54, 1.807) is 55.6 Å². The number of fused-ring (bicyclic) bond motifs is 3. The molecule has 0 bridgehead atoms. The molecule has 1 amide bonds. The number of aryl methyl sites for hydroxylation is 1. The van der Waals surface area contributed by atoms with Crippen molar-refractivity contribution in [3.8, 4) is 5.75 Å². The Morgan fingerprint density at radius 1 is 1.19 bits per heavy atom. The van der Waals surface area contributed by atoms with E-state index in [9.17, 15) is 13.2 Å². The van der Waals surface area contributed by atoms with Crippen molar-refractivity contribution in [2.24, 2.45) is 0 Å². The number of nitrogens with one attached hydrogen (secondary N) is 2. The van der Waals surface area contributed by atoms with E-state index in [0.717, 1.165) is 25.3 Å². The van der Waals surface area contributed by atoms with Gasteiger partial charge in [-0.05, 0) is 57.3 Å². The molecular weight excluding hydrogens is 466 g/mol. The van der Waals surface area contributed by atoms with Gasteiger partial charge in [-0.3, -0.25) is 4.79 Å². The van der Waals surface area contributed by atoms with E-state index in [1.165, 1.54) is 12.1 Å². The molecule has 0 unspecified atom stereocenters. The Bertz CT molecular complexity index is 1420. The second kappa shape index (κ2) is 8.43. The maximum absolute atomic E-state index is 12.6. The molecule has 0 saturated heterocycles. The second-order valence-electron chi connectivity index (χ2n) is 8.34. The maximum Gasteiger partial charge on any atom is 0.262 e. The molecular formula is C22H23N3O4S3. The molecule has 0 aliphatic heterocycles. The van der Waals surface area contributed by atoms with Crippen LogP contribution in [-0.4, -0.2) is 31.5 Å². The van der Waals surface area contributed by atoms with Gasteiger partial charge in [-0.2, -0.15) is 0 Å². The van der Waals surface area contributed by atoms with E-state index in [1.807, 2.05) is 24.4 Å². The van der Waals surface area contributed by atoms with Gasteiger partial charge in [0.05, 0.1) is 24.8 Å². The van der Waals surface area contributed by atoms with Crippen molar-refractivity contribution in [3.63, 3.8) is 0 Å². The van der Waals surface area contributed by atoms with Crippen LogP contribution in [0.2, 0.25) is 0 Å². The molecule has 32 heavy (non-hydrogen) atoms. The Morgan fingerprint density at radius 3 is 2.72 bits per heavy atom. The van der Waals surface area contributed by atoms with Crippen LogP contribution in [-0.2, 0) is 14.8 Å². The zero-order valence-corrected chi connectivity index (χ0v) is 20.5. The highest BCUT2D eigenvalue weighted by Crippen LogP contribution is 2.38. The number of aromatic nitrogens is 1. The monoisotopic (exact) mass is 489 g/mol. The molecule has 10 heteroatoms. The minimum absolute atomic E-state index is 0.0807. The number of amides is 1. The molecule has 168 valence electrons. The number of nitrogens with zero attached hydrogens (tertiary/aromatic N) is 1. The SMILES string of the molecule is Cc1nc2c(cc(OCC(=O)Nc3cccc(S(=O)(=O)NC(C)(C)C)c3)c3ccsc32)s1. The zero-order chi connectivity index (χ0) is 23.1. The molecule has 2 heterocycles. The first-order chi connectivity index (χ1) is 15.0. The number of ether oxygens (including phenoxy) is 1. The molecule has 0 radical (unpaired) electrons. The number of thiazole rings is 1. The molecule has 7 nitrogen and oxygen atoms in total. The first kappa shape index (κ1) is 22.7. The summed E-state index contributed by atoms with van der Waals surface area (Å²) in [5.74, 6) is 0.241. The molecule has 0 aliphatic rings. The number of hydrogen-bond donors (Lipinski definition) is 2. The van der Waals surface area contributed by atoms with Crippen LogP contribution in [0.1, 0.15) is 25.8 Å². The third kappa shape index (κ3) is 4.93. The molecule has 2 aromatic heterocycles. The fraction of sp³-hybridized carbons (Fsp3) is 0.273. The summed E-state index contributed by atoms with van der Waals surface area (Å²) < 4.78 is 35.6. The van der Waals surface area contributed by atoms with Gasteiger partial charge < -0.3 is 10.1 Å². The third-order valence-corrected chi connectivity index (χ3v) is 7.99. The molecule has 4 aromatic rings. The summed E-state index contributed by atoms with van der Waals surface area (Å²) in [6, 6.07) is 10.0. The van der Waals surface area contributed by atoms with Crippen molar-refractivity contribution in [2.75, 3.05) is 11.9 Å². The van der Waals surface area contributed by atoms with Gasteiger partial charge in [0.25, 0.3) is 5.91 Å². The van der Waals surface area contributed by atoms with Crippen LogP contribution in [0.4, 0.5) is 5.69 Å². The molecule has 2 aromatic carbocycles. The van der Waals surface area contributed by atoms with Crippen LogP contribution in [0.5, 0.6) is 5.75 Å². The molecule has 0 saturated carbocycles. The van der Waals surface area contributed by atoms with E-state index < -0.39 is 15.6 Å². The van der Waals surface area contributed by atoms with Gasteiger partial charge in [-0.25, -0.2) is 18.1 Å². The average Bonchev–Trinajstić information content (AvgIpc) is 3.30. The van der Waals surface area contributed by atoms with Crippen LogP contribution in [0.15, 0.2) is 46.7 Å². The second-order valence-corrected chi connectivity index (χ2v) is 12.2. The van der Waals surface area contributed by atoms with Crippen molar-refractivity contribution in [2.45, 2.75) is 38.1 Å². The van der Waals surface area contributed by atoms with Gasteiger partial charge in [0.15, 0.2) is 6.61 Å². The van der Waals surface area contributed by atoms with Gasteiger partial charge in [0, 0.05) is 22.7 Å². The van der Waals surface area contributed by atoms with E-state index in [-0.39, 0.29) is 17.4 Å². The van der Waals surface area contributed by atoms with Crippen molar-refractivity contribution < 1.29 is 17.9 Å². The molecule has 0 atom stereocenters. The van der Waals surface area contributed by atoms with E-state index in [0.29, 0.717) is 11.4 Å². The zero-order valence-electron chi connectivity index (χ0n) is 18.1. The number of carbonyl (C=O) groups is 1. The molecule has 0 spiro atoms. The lowest BCUT2D eigenvalue weighted by molar-refractivity contribution is -0.118. The highest BCUT2D eigenvalue weighted by Gasteiger charge is 2.22. The first-order valence-corrected chi connectivity index (χ1v) is 13.0. The number of carbonyl (C=O) groups excluding carboxylic acids is 1. The van der Waals surface area contributed by atoms with Crippen molar-refractivity contribution >= 4 is 64.6 Å². The lowest BCUT2D eigenvalue weighted by Gasteiger charge is -2.20. The summed E-state index contributed by atoms with van der Waals surface area (Å²) in [4.78, 5) is 17.2. The Labute approximate surface area is 194 Å². The summed E-state index contributed by atoms with van der Waals surface area (Å²) >= 11 is 3.17. The highest BCUT2D eigenvalue weighted by atomic mass is 32.2.